The van der Waals surface area contributed by atoms with Crippen LogP contribution in [-0.4, -0.2) is 75.0 Å². The second kappa shape index (κ2) is 9.87. The fourth-order valence-corrected chi connectivity index (χ4v) is 9.15. The predicted molar refractivity (Wildman–Crippen MR) is 156 cm³/mol. The molecular weight excluding hydrogens is 622 g/mol. The Morgan fingerprint density at radius 2 is 1.86 bits per heavy atom. The average molecular weight is 651 g/mol. The van der Waals surface area contributed by atoms with Crippen LogP contribution in [0.5, 0.6) is 17.2 Å². The molecule has 0 spiro atoms. The first-order valence-electron chi connectivity index (χ1n) is 13.8. The van der Waals surface area contributed by atoms with E-state index in [4.69, 9.17) is 9.47 Å². The van der Waals surface area contributed by atoms with Crippen LogP contribution in [0.15, 0.2) is 24.3 Å². The molecule has 2 N–H and O–H groups in total. The highest BCUT2D eigenvalue weighted by molar-refractivity contribution is 7.91. The van der Waals surface area contributed by atoms with Crippen molar-refractivity contribution < 1.29 is 45.7 Å². The quantitative estimate of drug-likeness (QED) is 0.372. The van der Waals surface area contributed by atoms with Crippen LogP contribution < -0.4 is 29.7 Å². The van der Waals surface area contributed by atoms with E-state index in [1.54, 1.807) is 24.1 Å². The highest BCUT2D eigenvalue weighted by Gasteiger charge is 2.69. The Labute approximate surface area is 254 Å². The zero-order chi connectivity index (χ0) is 31.1. The standard InChI is InChI=1S/C28H28F2N4O8S2/c1-39-18-5-4-16-23(43-25(32-16)34-6-3-7-44(37,38)14-34)22(18)24(36)31-17-10-20-19(41-28(29,30)42-20)8-15(17)9-21(35)33-26-11-27(12-26,13-26)40-2/h4-5,8,10H,3,6-7,9,11-14H2,1-2H3,(H,31,36)(H,33,35). The first-order valence-corrected chi connectivity index (χ1v) is 16.5. The molecule has 16 heteroatoms. The number of benzene rings is 2. The number of hydrogen-bond donors (Lipinski definition) is 2. The van der Waals surface area contributed by atoms with E-state index in [2.05, 4.69) is 25.1 Å². The predicted octanol–water partition coefficient (Wildman–Crippen LogP) is 3.44. The van der Waals surface area contributed by atoms with Gasteiger partial charge in [0.15, 0.2) is 26.5 Å². The molecule has 4 fully saturated rings. The minimum atomic E-state index is -3.90. The summed E-state index contributed by atoms with van der Waals surface area (Å²) < 4.78 is 73.0. The van der Waals surface area contributed by atoms with Crippen LogP contribution in [-0.2, 0) is 25.8 Å². The van der Waals surface area contributed by atoms with E-state index >= 15 is 0 Å². The van der Waals surface area contributed by atoms with Crippen molar-refractivity contribution in [2.45, 2.75) is 49.5 Å². The summed E-state index contributed by atoms with van der Waals surface area (Å²) in [6.45, 7) is 0.499. The number of sulfone groups is 1. The minimum absolute atomic E-state index is 0.0714. The molecule has 0 unspecified atom stereocenters. The van der Waals surface area contributed by atoms with E-state index in [1.807, 2.05) is 0 Å². The number of halogens is 2. The molecule has 5 aliphatic rings. The van der Waals surface area contributed by atoms with E-state index < -0.39 is 22.0 Å². The second-order valence-corrected chi connectivity index (χ2v) is 14.8. The Hall–Kier alpha value is -3.76. The summed E-state index contributed by atoms with van der Waals surface area (Å²) in [6.07, 6.45) is -1.58. The third-order valence-electron chi connectivity index (χ3n) is 8.51. The lowest BCUT2D eigenvalue weighted by Gasteiger charge is -2.69. The molecule has 2 aliphatic heterocycles. The van der Waals surface area contributed by atoms with Gasteiger partial charge in [0.25, 0.3) is 5.91 Å². The number of amides is 2. The number of thiazole rings is 1. The summed E-state index contributed by atoms with van der Waals surface area (Å²) in [6, 6.07) is 5.68. The third-order valence-corrected chi connectivity index (χ3v) is 11.3. The van der Waals surface area contributed by atoms with Crippen molar-refractivity contribution in [1.29, 1.82) is 0 Å². The van der Waals surface area contributed by atoms with E-state index in [0.29, 0.717) is 47.6 Å². The van der Waals surface area contributed by atoms with Gasteiger partial charge in [-0.2, -0.15) is 0 Å². The normalized spacial score (nSPS) is 25.6. The molecule has 0 atom stereocenters. The van der Waals surface area contributed by atoms with Crippen LogP contribution >= 0.6 is 11.3 Å². The number of fused-ring (bicyclic) bond motifs is 2. The molecule has 3 heterocycles. The first kappa shape index (κ1) is 29.0. The van der Waals surface area contributed by atoms with Gasteiger partial charge in [-0.3, -0.25) is 9.59 Å². The van der Waals surface area contributed by atoms with E-state index in [-0.39, 0.29) is 69.2 Å². The maximum Gasteiger partial charge on any atom is 0.586 e. The first-order chi connectivity index (χ1) is 20.8. The van der Waals surface area contributed by atoms with E-state index in [1.165, 1.54) is 19.2 Å². The summed E-state index contributed by atoms with van der Waals surface area (Å²) in [5.74, 6) is -1.41. The number of hydrogen-bond acceptors (Lipinski definition) is 11. The van der Waals surface area contributed by atoms with Gasteiger partial charge in [-0.1, -0.05) is 11.3 Å². The molecule has 0 radical (unpaired) electrons. The van der Waals surface area contributed by atoms with Crippen LogP contribution in [0.25, 0.3) is 10.2 Å². The zero-order valence-corrected chi connectivity index (χ0v) is 25.3. The monoisotopic (exact) mass is 650 g/mol. The SMILES string of the molecule is COc1ccc2nc(N3CCCS(=O)(=O)C3)sc2c1C(=O)Nc1cc2c(cc1CC(=O)NC13CC(OC)(C1)C3)OC(F)(F)O2. The van der Waals surface area contributed by atoms with Gasteiger partial charge < -0.3 is 34.5 Å². The van der Waals surface area contributed by atoms with Crippen molar-refractivity contribution in [2.75, 3.05) is 42.6 Å². The number of methoxy groups -OCH3 is 2. The van der Waals surface area contributed by atoms with Crippen molar-refractivity contribution in [2.24, 2.45) is 0 Å². The van der Waals surface area contributed by atoms with Crippen LogP contribution in [0.1, 0.15) is 41.6 Å². The Morgan fingerprint density at radius 3 is 2.55 bits per heavy atom. The number of aromatic nitrogens is 1. The highest BCUT2D eigenvalue weighted by atomic mass is 32.2. The Balaban J connectivity index is 1.19. The molecule has 3 aromatic rings. The van der Waals surface area contributed by atoms with Gasteiger partial charge in [0, 0.05) is 30.9 Å². The van der Waals surface area contributed by atoms with E-state index in [0.717, 1.165) is 11.3 Å². The van der Waals surface area contributed by atoms with Crippen molar-refractivity contribution >= 4 is 54.0 Å². The summed E-state index contributed by atoms with van der Waals surface area (Å²) in [4.78, 5) is 33.2. The molecule has 2 amide bonds. The minimum Gasteiger partial charge on any atom is -0.496 e. The van der Waals surface area contributed by atoms with Gasteiger partial charge >= 0.3 is 6.29 Å². The largest absolute Gasteiger partial charge is 0.586 e. The summed E-state index contributed by atoms with van der Waals surface area (Å²) in [5.41, 5.74) is 0.346. The van der Waals surface area contributed by atoms with Crippen molar-refractivity contribution in [3.05, 3.63) is 35.4 Å². The van der Waals surface area contributed by atoms with Crippen molar-refractivity contribution in [3.8, 4) is 17.2 Å². The molecular formula is C28H28F2N4O8S2. The molecule has 2 aromatic carbocycles. The Bertz CT molecular complexity index is 1810. The fraction of sp³-hybridized carbons (Fsp3) is 0.464. The van der Waals surface area contributed by atoms with Gasteiger partial charge in [-0.15, -0.1) is 8.78 Å². The van der Waals surface area contributed by atoms with Crippen LogP contribution in [0, 0.1) is 0 Å². The molecule has 3 aliphatic carbocycles. The summed E-state index contributed by atoms with van der Waals surface area (Å²) >= 11 is 1.15. The molecule has 44 heavy (non-hydrogen) atoms. The Kier molecular flexibility index (Phi) is 6.50. The summed E-state index contributed by atoms with van der Waals surface area (Å²) in [5, 5.41) is 6.20. The van der Waals surface area contributed by atoms with E-state index in [9.17, 15) is 26.8 Å². The number of anilines is 2. The zero-order valence-electron chi connectivity index (χ0n) is 23.7. The topological polar surface area (TPSA) is 145 Å². The molecule has 3 saturated carbocycles. The molecule has 2 bridgehead atoms. The lowest BCUT2D eigenvalue weighted by molar-refractivity contribution is -0.286. The number of nitrogens with zero attached hydrogens (tertiary/aromatic N) is 2. The van der Waals surface area contributed by atoms with Crippen LogP contribution in [0.4, 0.5) is 19.6 Å². The smallest absolute Gasteiger partial charge is 0.496 e. The summed E-state index contributed by atoms with van der Waals surface area (Å²) in [7, 11) is -0.224. The molecule has 12 nitrogen and oxygen atoms in total. The van der Waals surface area contributed by atoms with Crippen molar-refractivity contribution in [3.63, 3.8) is 0 Å². The lowest BCUT2D eigenvalue weighted by Crippen LogP contribution is -2.79. The van der Waals surface area contributed by atoms with Crippen molar-refractivity contribution in [1.82, 2.24) is 10.3 Å². The molecule has 8 rings (SSSR count). The van der Waals surface area contributed by atoms with Crippen LogP contribution in [0.2, 0.25) is 0 Å². The number of rotatable bonds is 8. The third kappa shape index (κ3) is 4.98. The van der Waals surface area contributed by atoms with Gasteiger partial charge in [-0.05, 0) is 49.4 Å². The van der Waals surface area contributed by atoms with Gasteiger partial charge in [-0.25, -0.2) is 13.4 Å². The Morgan fingerprint density at radius 1 is 1.14 bits per heavy atom. The maximum absolute atomic E-state index is 13.9. The lowest BCUT2D eigenvalue weighted by atomic mass is 9.46. The van der Waals surface area contributed by atoms with Crippen LogP contribution in [0.3, 0.4) is 0 Å². The number of nitrogens with one attached hydrogen (secondary N) is 2. The van der Waals surface area contributed by atoms with Gasteiger partial charge in [0.2, 0.25) is 5.91 Å². The number of alkyl halides is 2. The molecule has 1 aromatic heterocycles. The second-order valence-electron chi connectivity index (χ2n) is 11.7. The fourth-order valence-electron chi connectivity index (χ4n) is 6.52. The van der Waals surface area contributed by atoms with Gasteiger partial charge in [0.05, 0.1) is 35.1 Å². The molecule has 1 saturated heterocycles. The number of carbonyl (C=O) groups is 2. The average Bonchev–Trinajstić information content (AvgIpc) is 3.47. The molecule has 234 valence electrons. The highest BCUT2D eigenvalue weighted by Crippen LogP contribution is 2.62. The number of carbonyl (C=O) groups excluding carboxylic acids is 2. The van der Waals surface area contributed by atoms with Gasteiger partial charge in [0.1, 0.15) is 17.2 Å². The number of ether oxygens (including phenoxy) is 4. The maximum atomic E-state index is 13.9.